The monoisotopic (exact) mass is 415 g/mol. The van der Waals surface area contributed by atoms with Crippen molar-refractivity contribution in [1.29, 1.82) is 0 Å². The summed E-state index contributed by atoms with van der Waals surface area (Å²) in [4.78, 5) is 7.76. The van der Waals surface area contributed by atoms with Crippen LogP contribution in [0.5, 0.6) is 0 Å². The molecule has 0 spiro atoms. The lowest BCUT2D eigenvalue weighted by Crippen LogP contribution is -2.25. The molecule has 0 aliphatic heterocycles. The molecule has 2 unspecified atom stereocenters. The van der Waals surface area contributed by atoms with Gasteiger partial charge in [-0.15, -0.1) is 0 Å². The first kappa shape index (κ1) is 19.2. The number of rotatable bonds is 7. The first-order valence-electron chi connectivity index (χ1n) is 9.02. The van der Waals surface area contributed by atoms with Crippen molar-refractivity contribution in [2.24, 2.45) is 0 Å². The molecule has 2 atom stereocenters. The SMILES string of the molecule is CC(Nc1nc2c(CNc3ccon3)cccc2[nH]1)C(O)c1cc(Cl)ccc1F. The van der Waals surface area contributed by atoms with E-state index in [0.29, 0.717) is 23.3 Å². The van der Waals surface area contributed by atoms with Crippen LogP contribution in [0.3, 0.4) is 0 Å². The molecule has 7 nitrogen and oxygen atoms in total. The van der Waals surface area contributed by atoms with Gasteiger partial charge >= 0.3 is 0 Å². The fourth-order valence-electron chi connectivity index (χ4n) is 3.10. The number of aromatic nitrogens is 3. The Labute approximate surface area is 170 Å². The van der Waals surface area contributed by atoms with Gasteiger partial charge in [0.25, 0.3) is 0 Å². The zero-order valence-electron chi connectivity index (χ0n) is 15.5. The van der Waals surface area contributed by atoms with Gasteiger partial charge in [0.15, 0.2) is 5.82 Å². The average Bonchev–Trinajstić information content (AvgIpc) is 3.37. The number of nitrogens with one attached hydrogen (secondary N) is 3. The molecule has 0 amide bonds. The van der Waals surface area contributed by atoms with Crippen LogP contribution in [0.15, 0.2) is 53.3 Å². The van der Waals surface area contributed by atoms with Crippen LogP contribution in [-0.2, 0) is 6.54 Å². The highest BCUT2D eigenvalue weighted by molar-refractivity contribution is 6.30. The third kappa shape index (κ3) is 4.18. The normalized spacial score (nSPS) is 13.4. The minimum atomic E-state index is -1.10. The van der Waals surface area contributed by atoms with Crippen LogP contribution >= 0.6 is 11.6 Å². The van der Waals surface area contributed by atoms with E-state index in [2.05, 4.69) is 25.8 Å². The summed E-state index contributed by atoms with van der Waals surface area (Å²) in [5, 5.41) is 21.0. The third-order valence-corrected chi connectivity index (χ3v) is 4.84. The number of benzene rings is 2. The van der Waals surface area contributed by atoms with Gasteiger partial charge in [-0.2, -0.15) is 0 Å². The molecule has 4 aromatic rings. The van der Waals surface area contributed by atoms with E-state index >= 15 is 0 Å². The summed E-state index contributed by atoms with van der Waals surface area (Å²) in [5.41, 5.74) is 2.71. The van der Waals surface area contributed by atoms with Crippen molar-refractivity contribution in [1.82, 2.24) is 15.1 Å². The highest BCUT2D eigenvalue weighted by atomic mass is 35.5. The van der Waals surface area contributed by atoms with Gasteiger partial charge in [0.05, 0.1) is 17.1 Å². The molecule has 0 radical (unpaired) electrons. The second-order valence-electron chi connectivity index (χ2n) is 6.68. The van der Waals surface area contributed by atoms with Crippen molar-refractivity contribution in [3.63, 3.8) is 0 Å². The molecule has 9 heteroatoms. The lowest BCUT2D eigenvalue weighted by Gasteiger charge is -2.20. The Kier molecular flexibility index (Phi) is 5.37. The average molecular weight is 416 g/mol. The Morgan fingerprint density at radius 3 is 2.93 bits per heavy atom. The number of fused-ring (bicyclic) bond motifs is 1. The van der Waals surface area contributed by atoms with Crippen molar-refractivity contribution in [2.45, 2.75) is 25.6 Å². The first-order chi connectivity index (χ1) is 14.0. The van der Waals surface area contributed by atoms with E-state index in [-0.39, 0.29) is 5.56 Å². The van der Waals surface area contributed by atoms with Crippen LogP contribution in [0.2, 0.25) is 5.02 Å². The Bertz CT molecular complexity index is 1120. The third-order valence-electron chi connectivity index (χ3n) is 4.61. The number of halogens is 2. The maximum atomic E-state index is 14.1. The summed E-state index contributed by atoms with van der Waals surface area (Å²) in [6.07, 6.45) is 0.393. The van der Waals surface area contributed by atoms with Gasteiger partial charge in [-0.05, 0) is 36.8 Å². The zero-order valence-corrected chi connectivity index (χ0v) is 16.2. The molecule has 29 heavy (non-hydrogen) atoms. The van der Waals surface area contributed by atoms with Gasteiger partial charge in [0, 0.05) is 23.2 Å². The molecule has 0 saturated carbocycles. The highest BCUT2D eigenvalue weighted by Crippen LogP contribution is 2.26. The van der Waals surface area contributed by atoms with Crippen molar-refractivity contribution in [3.8, 4) is 0 Å². The van der Waals surface area contributed by atoms with Crippen molar-refractivity contribution in [2.75, 3.05) is 10.6 Å². The number of imidazole rings is 1. The molecular formula is C20H19ClFN5O2. The van der Waals surface area contributed by atoms with Gasteiger partial charge < -0.3 is 25.2 Å². The molecule has 0 aliphatic carbocycles. The number of aromatic amines is 1. The molecule has 150 valence electrons. The summed E-state index contributed by atoms with van der Waals surface area (Å²) < 4.78 is 18.9. The minimum absolute atomic E-state index is 0.131. The summed E-state index contributed by atoms with van der Waals surface area (Å²) in [6.45, 7) is 2.26. The van der Waals surface area contributed by atoms with Crippen LogP contribution in [0, 0.1) is 5.82 Å². The Balaban J connectivity index is 1.52. The van der Waals surface area contributed by atoms with Crippen molar-refractivity contribution >= 4 is 34.4 Å². The number of H-pyrrole nitrogens is 1. The molecule has 2 heterocycles. The molecule has 2 aromatic carbocycles. The predicted octanol–water partition coefficient (Wildman–Crippen LogP) is 4.49. The molecule has 0 bridgehead atoms. The largest absolute Gasteiger partial charge is 0.386 e. The van der Waals surface area contributed by atoms with Crippen molar-refractivity contribution < 1.29 is 14.0 Å². The minimum Gasteiger partial charge on any atom is -0.386 e. The summed E-state index contributed by atoms with van der Waals surface area (Å²) >= 11 is 5.93. The number of nitrogens with zero attached hydrogens (tertiary/aromatic N) is 2. The van der Waals surface area contributed by atoms with E-state index in [0.717, 1.165) is 16.6 Å². The summed E-state index contributed by atoms with van der Waals surface area (Å²) in [6, 6.07) is 11.1. The number of para-hydroxylation sites is 1. The van der Waals surface area contributed by atoms with E-state index in [1.54, 1.807) is 13.0 Å². The topological polar surface area (TPSA) is 99.0 Å². The Morgan fingerprint density at radius 2 is 2.14 bits per heavy atom. The number of hydrogen-bond acceptors (Lipinski definition) is 6. The van der Waals surface area contributed by atoms with Gasteiger partial charge in [0.2, 0.25) is 5.95 Å². The maximum Gasteiger partial charge on any atom is 0.201 e. The second-order valence-corrected chi connectivity index (χ2v) is 7.12. The summed E-state index contributed by atoms with van der Waals surface area (Å²) in [5.74, 6) is 0.598. The lowest BCUT2D eigenvalue weighted by atomic mass is 10.0. The van der Waals surface area contributed by atoms with E-state index in [1.807, 2.05) is 18.2 Å². The van der Waals surface area contributed by atoms with E-state index in [1.165, 1.54) is 24.5 Å². The number of aliphatic hydroxyl groups is 1. The molecule has 4 rings (SSSR count). The first-order valence-corrected chi connectivity index (χ1v) is 9.40. The zero-order chi connectivity index (χ0) is 20.4. The standard InChI is InChI=1S/C20H19ClFN5O2/c1-11(19(28)14-9-13(21)5-6-15(14)22)24-20-25-16-4-2-3-12(18(16)26-20)10-23-17-7-8-29-27-17/h2-9,11,19,28H,10H2,1H3,(H,23,27)(H2,24,25,26). The van der Waals surface area contributed by atoms with E-state index < -0.39 is 18.0 Å². The quantitative estimate of drug-likeness (QED) is 0.355. The number of anilines is 2. The number of aliphatic hydroxyl groups excluding tert-OH is 1. The van der Waals surface area contributed by atoms with Gasteiger partial charge in [0.1, 0.15) is 18.2 Å². The van der Waals surface area contributed by atoms with Crippen LogP contribution < -0.4 is 10.6 Å². The molecule has 0 saturated heterocycles. The van der Waals surface area contributed by atoms with Crippen LogP contribution in [0.4, 0.5) is 16.2 Å². The Morgan fingerprint density at radius 1 is 1.28 bits per heavy atom. The molecule has 4 N–H and O–H groups in total. The smallest absolute Gasteiger partial charge is 0.201 e. The molecule has 0 aliphatic rings. The predicted molar refractivity (Wildman–Crippen MR) is 109 cm³/mol. The van der Waals surface area contributed by atoms with Gasteiger partial charge in [-0.25, -0.2) is 9.37 Å². The molecule has 2 aromatic heterocycles. The van der Waals surface area contributed by atoms with Crippen molar-refractivity contribution in [3.05, 3.63) is 70.7 Å². The maximum absolute atomic E-state index is 14.1. The van der Waals surface area contributed by atoms with Gasteiger partial charge in [-0.1, -0.05) is 28.9 Å². The molecule has 0 fully saturated rings. The highest BCUT2D eigenvalue weighted by Gasteiger charge is 2.21. The second kappa shape index (κ2) is 8.10. The van der Waals surface area contributed by atoms with Gasteiger partial charge in [-0.3, -0.25) is 0 Å². The van der Waals surface area contributed by atoms with E-state index in [9.17, 15) is 9.50 Å². The van der Waals surface area contributed by atoms with Crippen LogP contribution in [0.1, 0.15) is 24.2 Å². The fourth-order valence-corrected chi connectivity index (χ4v) is 3.28. The van der Waals surface area contributed by atoms with E-state index in [4.69, 9.17) is 16.1 Å². The van der Waals surface area contributed by atoms with Crippen LogP contribution in [0.25, 0.3) is 11.0 Å². The lowest BCUT2D eigenvalue weighted by molar-refractivity contribution is 0.156. The fraction of sp³-hybridized carbons (Fsp3) is 0.200. The Hall–Kier alpha value is -3.10. The van der Waals surface area contributed by atoms with Crippen LogP contribution in [-0.4, -0.2) is 26.3 Å². The molecular weight excluding hydrogens is 397 g/mol. The number of hydrogen-bond donors (Lipinski definition) is 4. The summed E-state index contributed by atoms with van der Waals surface area (Å²) in [7, 11) is 0.